The lowest BCUT2D eigenvalue weighted by Gasteiger charge is -2.38. The van der Waals surface area contributed by atoms with E-state index < -0.39 is 32.8 Å². The molecular formula is C15H33NO4S2. The molecule has 0 aromatic heterocycles. The zero-order valence-electron chi connectivity index (χ0n) is 15.5. The summed E-state index contributed by atoms with van der Waals surface area (Å²) >= 11 is -1.06. The number of rotatable bonds is 7. The Balaban J connectivity index is 5.27. The van der Waals surface area contributed by atoms with Crippen LogP contribution in [0.3, 0.4) is 0 Å². The van der Waals surface area contributed by atoms with Crippen molar-refractivity contribution in [2.75, 3.05) is 24.8 Å². The van der Waals surface area contributed by atoms with Gasteiger partial charge in [0.2, 0.25) is 10.0 Å². The summed E-state index contributed by atoms with van der Waals surface area (Å²) in [4.78, 5) is 0. The first-order valence-electron chi connectivity index (χ1n) is 7.48. The quantitative estimate of drug-likeness (QED) is 0.657. The predicted octanol–water partition coefficient (Wildman–Crippen LogP) is 2.24. The first kappa shape index (κ1) is 22.2. The fourth-order valence-electron chi connectivity index (χ4n) is 1.98. The van der Waals surface area contributed by atoms with Crippen LogP contribution in [0.25, 0.3) is 0 Å². The van der Waals surface area contributed by atoms with Gasteiger partial charge in [0.15, 0.2) is 0 Å². The lowest BCUT2D eigenvalue weighted by molar-refractivity contribution is -0.0555. The summed E-state index contributed by atoms with van der Waals surface area (Å²) in [5, 5.41) is 0. The van der Waals surface area contributed by atoms with Gasteiger partial charge in [-0.1, -0.05) is 31.9 Å². The van der Waals surface area contributed by atoms with E-state index in [-0.39, 0.29) is 18.1 Å². The highest BCUT2D eigenvalue weighted by atomic mass is 32.2. The van der Waals surface area contributed by atoms with Gasteiger partial charge in [-0.15, -0.1) is 0 Å². The van der Waals surface area contributed by atoms with E-state index in [9.17, 15) is 13.0 Å². The van der Waals surface area contributed by atoms with Crippen molar-refractivity contribution in [3.05, 3.63) is 0 Å². The molecule has 0 spiro atoms. The molecule has 0 aromatic carbocycles. The third-order valence-corrected chi connectivity index (χ3v) is 5.89. The van der Waals surface area contributed by atoms with Crippen molar-refractivity contribution in [2.45, 2.75) is 66.2 Å². The van der Waals surface area contributed by atoms with Gasteiger partial charge in [0, 0.05) is 12.1 Å². The van der Waals surface area contributed by atoms with E-state index in [1.807, 2.05) is 27.7 Å². The van der Waals surface area contributed by atoms with Gasteiger partial charge in [-0.25, -0.2) is 8.42 Å². The Bertz CT molecular complexity index is 435. The molecule has 0 rings (SSSR count). The van der Waals surface area contributed by atoms with Crippen LogP contribution in [0.2, 0.25) is 0 Å². The summed E-state index contributed by atoms with van der Waals surface area (Å²) in [6.45, 7) is 13.9. The standard InChI is InChI=1S/C15H33NO4S2/c1-12(14(2,3)4)20-13(11-21(8)17)10-16(15(5,6)7)22(9,18)19/h12-13H,10-11H2,1-9H3/t12-,13?,21?/m0/s1. The molecule has 0 aliphatic heterocycles. The second-order valence-electron chi connectivity index (χ2n) is 7.97. The van der Waals surface area contributed by atoms with Crippen LogP contribution in [-0.4, -0.2) is 59.8 Å². The molecule has 5 nitrogen and oxygen atoms in total. The summed E-state index contributed by atoms with van der Waals surface area (Å²) in [5.41, 5.74) is -0.611. The van der Waals surface area contributed by atoms with Gasteiger partial charge < -0.3 is 9.29 Å². The summed E-state index contributed by atoms with van der Waals surface area (Å²) in [7, 11) is -3.37. The summed E-state index contributed by atoms with van der Waals surface area (Å²) < 4.78 is 43.3. The highest BCUT2D eigenvalue weighted by molar-refractivity contribution is 7.90. The maximum absolute atomic E-state index is 12.1. The fraction of sp³-hybridized carbons (Fsp3) is 1.00. The summed E-state index contributed by atoms with van der Waals surface area (Å²) in [6, 6.07) is 0. The third-order valence-electron chi connectivity index (χ3n) is 3.55. The molecule has 0 N–H and O–H groups in total. The van der Waals surface area contributed by atoms with Gasteiger partial charge >= 0.3 is 0 Å². The Morgan fingerprint density at radius 1 is 1.18 bits per heavy atom. The summed E-state index contributed by atoms with van der Waals surface area (Å²) in [6.07, 6.45) is 2.35. The minimum absolute atomic E-state index is 0.0643. The van der Waals surface area contributed by atoms with Crippen LogP contribution in [0.5, 0.6) is 0 Å². The molecule has 0 bridgehead atoms. The van der Waals surface area contributed by atoms with Crippen molar-refractivity contribution >= 4 is 21.2 Å². The lowest BCUT2D eigenvalue weighted by atomic mass is 9.90. The van der Waals surface area contributed by atoms with Crippen LogP contribution >= 0.6 is 0 Å². The molecule has 3 atom stereocenters. The summed E-state index contributed by atoms with van der Waals surface area (Å²) in [5.74, 6) is 0.322. The zero-order valence-corrected chi connectivity index (χ0v) is 17.1. The van der Waals surface area contributed by atoms with E-state index >= 15 is 0 Å². The van der Waals surface area contributed by atoms with Crippen LogP contribution in [-0.2, 0) is 25.9 Å². The highest BCUT2D eigenvalue weighted by Crippen LogP contribution is 2.25. The second kappa shape index (κ2) is 7.83. The molecule has 0 aliphatic rings. The van der Waals surface area contributed by atoms with E-state index in [4.69, 9.17) is 4.74 Å². The molecular weight excluding hydrogens is 322 g/mol. The van der Waals surface area contributed by atoms with Crippen molar-refractivity contribution in [1.29, 1.82) is 0 Å². The average molecular weight is 356 g/mol. The van der Waals surface area contributed by atoms with Crippen LogP contribution in [0.1, 0.15) is 48.5 Å². The Morgan fingerprint density at radius 2 is 1.64 bits per heavy atom. The first-order chi connectivity index (χ1) is 9.55. The minimum atomic E-state index is -3.37. The normalized spacial score (nSPS) is 18.3. The van der Waals surface area contributed by atoms with Crippen LogP contribution in [0.15, 0.2) is 0 Å². The fourth-order valence-corrected chi connectivity index (χ4v) is 4.12. The maximum Gasteiger partial charge on any atom is 0.211 e. The second-order valence-corrected chi connectivity index (χ2v) is 11.4. The predicted molar refractivity (Wildman–Crippen MR) is 94.0 cm³/mol. The van der Waals surface area contributed by atoms with E-state index in [1.165, 1.54) is 10.6 Å². The van der Waals surface area contributed by atoms with Gasteiger partial charge in [-0.3, -0.25) is 0 Å². The van der Waals surface area contributed by atoms with E-state index in [0.717, 1.165) is 0 Å². The third kappa shape index (κ3) is 8.15. The number of hydrogen-bond acceptors (Lipinski definition) is 4. The Kier molecular flexibility index (Phi) is 7.90. The highest BCUT2D eigenvalue weighted by Gasteiger charge is 2.35. The number of sulfonamides is 1. The molecule has 0 saturated heterocycles. The van der Waals surface area contributed by atoms with Crippen LogP contribution < -0.4 is 0 Å². The van der Waals surface area contributed by atoms with Gasteiger partial charge in [-0.2, -0.15) is 4.31 Å². The van der Waals surface area contributed by atoms with Gasteiger partial charge in [0.1, 0.15) is 11.9 Å². The average Bonchev–Trinajstić information content (AvgIpc) is 2.19. The molecule has 134 valence electrons. The molecule has 0 amide bonds. The maximum atomic E-state index is 12.1. The largest absolute Gasteiger partial charge is 0.616 e. The molecule has 22 heavy (non-hydrogen) atoms. The molecule has 0 saturated carbocycles. The SMILES string of the molecule is C[C@H](OC(CN(C(C)(C)C)S(C)(=O)=O)C[S+](C)[O-])C(C)(C)C. The van der Waals surface area contributed by atoms with Crippen molar-refractivity contribution in [3.8, 4) is 0 Å². The van der Waals surface area contributed by atoms with Crippen LogP contribution in [0, 0.1) is 5.41 Å². The molecule has 0 aromatic rings. The number of ether oxygens (including phenoxy) is 1. The number of nitrogens with zero attached hydrogens (tertiary/aromatic N) is 1. The van der Waals surface area contributed by atoms with E-state index in [2.05, 4.69) is 20.8 Å². The van der Waals surface area contributed by atoms with E-state index in [1.54, 1.807) is 6.26 Å². The monoisotopic (exact) mass is 355 g/mol. The van der Waals surface area contributed by atoms with Crippen LogP contribution in [0.4, 0.5) is 0 Å². The Hall–Kier alpha value is 0.180. The molecule has 0 aliphatic carbocycles. The molecule has 0 fully saturated rings. The molecule has 0 heterocycles. The van der Waals surface area contributed by atoms with Gasteiger partial charge in [-0.05, 0) is 33.1 Å². The first-order valence-corrected chi connectivity index (χ1v) is 11.1. The number of hydrogen-bond donors (Lipinski definition) is 0. The topological polar surface area (TPSA) is 69.7 Å². The minimum Gasteiger partial charge on any atom is -0.616 e. The molecule has 0 radical (unpaired) electrons. The zero-order chi connectivity index (χ0) is 17.9. The molecule has 7 heteroatoms. The van der Waals surface area contributed by atoms with Gasteiger partial charge in [0.25, 0.3) is 0 Å². The Labute approximate surface area is 140 Å². The van der Waals surface area contributed by atoms with Crippen molar-refractivity contribution in [3.63, 3.8) is 0 Å². The van der Waals surface area contributed by atoms with Crippen molar-refractivity contribution in [2.24, 2.45) is 5.41 Å². The Morgan fingerprint density at radius 3 is 1.91 bits per heavy atom. The van der Waals surface area contributed by atoms with Crippen molar-refractivity contribution < 1.29 is 17.7 Å². The molecule has 2 unspecified atom stereocenters. The van der Waals surface area contributed by atoms with Gasteiger partial charge in [0.05, 0.1) is 18.6 Å². The van der Waals surface area contributed by atoms with Crippen molar-refractivity contribution in [1.82, 2.24) is 4.31 Å². The van der Waals surface area contributed by atoms with E-state index in [0.29, 0.717) is 5.75 Å². The smallest absolute Gasteiger partial charge is 0.211 e. The lowest BCUT2D eigenvalue weighted by Crippen LogP contribution is -2.51.